The molecule has 1 aliphatic carbocycles. The van der Waals surface area contributed by atoms with E-state index in [-0.39, 0.29) is 0 Å². The van der Waals surface area contributed by atoms with Gasteiger partial charge < -0.3 is 10.7 Å². The Labute approximate surface area is 106 Å². The van der Waals surface area contributed by atoms with E-state index in [2.05, 4.69) is 9.97 Å². The van der Waals surface area contributed by atoms with Crippen molar-refractivity contribution in [2.75, 3.05) is 13.2 Å². The molecule has 1 aromatic heterocycles. The van der Waals surface area contributed by atoms with Crippen LogP contribution >= 0.6 is 0 Å². The normalized spacial score (nSPS) is 15.3. The molecule has 3 N–H and O–H groups in total. The Bertz CT molecular complexity index is 362. The Morgan fingerprint density at radius 1 is 1.61 bits per heavy atom. The largest absolute Gasteiger partial charge is 0.350 e. The molecule has 0 spiro atoms. The number of H-pyrrole nitrogens is 1. The zero-order valence-corrected chi connectivity index (χ0v) is 10.5. The number of rotatable bonds is 7. The molecule has 1 aliphatic rings. The minimum Gasteiger partial charge on any atom is -0.350 e. The van der Waals surface area contributed by atoms with Crippen LogP contribution in [0.3, 0.4) is 0 Å². The standard InChI is InChI=1S/C12H20N4O2/c13-12(17)16(8-10-3-1-4-10)18-6-2-5-11-7-14-9-15-11/h7,9-10H,1-6,8H2,(H2,13,17)(H,14,15). The molecule has 0 atom stereocenters. The monoisotopic (exact) mass is 252 g/mol. The number of carbonyl (C=O) groups excluding carboxylic acids is 1. The predicted octanol–water partition coefficient (Wildman–Crippen LogP) is 1.45. The number of nitrogens with zero attached hydrogens (tertiary/aromatic N) is 2. The number of nitrogens with two attached hydrogens (primary N) is 1. The Balaban J connectivity index is 1.64. The predicted molar refractivity (Wildman–Crippen MR) is 66.5 cm³/mol. The van der Waals surface area contributed by atoms with Gasteiger partial charge in [0.1, 0.15) is 0 Å². The molecule has 6 heteroatoms. The number of hydrogen-bond donors (Lipinski definition) is 2. The number of amides is 2. The maximum absolute atomic E-state index is 11.2. The van der Waals surface area contributed by atoms with Crippen molar-refractivity contribution in [3.05, 3.63) is 18.2 Å². The van der Waals surface area contributed by atoms with Gasteiger partial charge in [-0.3, -0.25) is 4.84 Å². The molecule has 0 aromatic carbocycles. The van der Waals surface area contributed by atoms with E-state index in [1.54, 1.807) is 12.5 Å². The third-order valence-electron chi connectivity index (χ3n) is 3.29. The first-order valence-corrected chi connectivity index (χ1v) is 6.43. The highest BCUT2D eigenvalue weighted by Crippen LogP contribution is 2.27. The van der Waals surface area contributed by atoms with Gasteiger partial charge in [-0.1, -0.05) is 6.42 Å². The number of aromatic amines is 1. The molecule has 0 saturated heterocycles. The van der Waals surface area contributed by atoms with Crippen molar-refractivity contribution in [2.45, 2.75) is 32.1 Å². The Hall–Kier alpha value is -1.56. The average Bonchev–Trinajstić information content (AvgIpc) is 2.78. The van der Waals surface area contributed by atoms with Gasteiger partial charge in [-0.05, 0) is 31.6 Å². The van der Waals surface area contributed by atoms with Crippen LogP contribution in [0.15, 0.2) is 12.5 Å². The molecular weight excluding hydrogens is 232 g/mol. The fourth-order valence-electron chi connectivity index (χ4n) is 1.97. The summed E-state index contributed by atoms with van der Waals surface area (Å²) in [5.74, 6) is 0.560. The molecule has 2 rings (SSSR count). The van der Waals surface area contributed by atoms with Crippen molar-refractivity contribution in [3.8, 4) is 0 Å². The molecule has 100 valence electrons. The van der Waals surface area contributed by atoms with E-state index in [9.17, 15) is 4.79 Å². The van der Waals surface area contributed by atoms with Gasteiger partial charge in [0, 0.05) is 11.9 Å². The molecule has 0 aliphatic heterocycles. The number of urea groups is 1. The first-order valence-electron chi connectivity index (χ1n) is 6.43. The van der Waals surface area contributed by atoms with Crippen LogP contribution in [0.2, 0.25) is 0 Å². The molecule has 0 radical (unpaired) electrons. The van der Waals surface area contributed by atoms with E-state index in [0.29, 0.717) is 19.1 Å². The molecule has 0 unspecified atom stereocenters. The van der Waals surface area contributed by atoms with Crippen LogP contribution in [0.5, 0.6) is 0 Å². The van der Waals surface area contributed by atoms with Crippen molar-refractivity contribution in [1.29, 1.82) is 0 Å². The van der Waals surface area contributed by atoms with Gasteiger partial charge in [0.05, 0.1) is 19.5 Å². The number of aromatic nitrogens is 2. The maximum Gasteiger partial charge on any atom is 0.338 e. The lowest BCUT2D eigenvalue weighted by molar-refractivity contribution is -0.127. The topological polar surface area (TPSA) is 84.2 Å². The van der Waals surface area contributed by atoms with Crippen LogP contribution in [-0.2, 0) is 11.3 Å². The van der Waals surface area contributed by atoms with Gasteiger partial charge >= 0.3 is 6.03 Å². The van der Waals surface area contributed by atoms with Crippen LogP contribution < -0.4 is 5.73 Å². The second kappa shape index (κ2) is 6.39. The zero-order valence-electron chi connectivity index (χ0n) is 10.5. The summed E-state index contributed by atoms with van der Waals surface area (Å²) in [5.41, 5.74) is 6.36. The van der Waals surface area contributed by atoms with Crippen LogP contribution in [0.4, 0.5) is 4.79 Å². The molecule has 2 amide bonds. The van der Waals surface area contributed by atoms with Crippen molar-refractivity contribution in [2.24, 2.45) is 11.7 Å². The number of aryl methyl sites for hydroxylation is 1. The van der Waals surface area contributed by atoms with E-state index < -0.39 is 6.03 Å². The minimum atomic E-state index is -0.497. The van der Waals surface area contributed by atoms with E-state index in [1.165, 1.54) is 24.3 Å². The smallest absolute Gasteiger partial charge is 0.338 e. The van der Waals surface area contributed by atoms with Gasteiger partial charge in [0.15, 0.2) is 0 Å². The summed E-state index contributed by atoms with van der Waals surface area (Å²) in [7, 11) is 0. The average molecular weight is 252 g/mol. The molecule has 1 fully saturated rings. The van der Waals surface area contributed by atoms with E-state index in [0.717, 1.165) is 18.5 Å². The van der Waals surface area contributed by atoms with Crippen molar-refractivity contribution >= 4 is 6.03 Å². The summed E-state index contributed by atoms with van der Waals surface area (Å²) in [5, 5.41) is 1.30. The summed E-state index contributed by atoms with van der Waals surface area (Å²) < 4.78 is 0. The van der Waals surface area contributed by atoms with Crippen LogP contribution in [0, 0.1) is 5.92 Å². The van der Waals surface area contributed by atoms with Crippen molar-refractivity contribution in [1.82, 2.24) is 15.0 Å². The second-order valence-corrected chi connectivity index (χ2v) is 4.71. The SMILES string of the molecule is NC(=O)N(CC1CCC1)OCCCc1cnc[nH]1. The highest BCUT2D eigenvalue weighted by atomic mass is 16.7. The summed E-state index contributed by atoms with van der Waals surface area (Å²) in [6.45, 7) is 1.12. The Kier molecular flexibility index (Phi) is 4.58. The molecule has 1 heterocycles. The number of carbonyl (C=O) groups is 1. The third kappa shape index (κ3) is 3.73. The van der Waals surface area contributed by atoms with Crippen LogP contribution in [0.25, 0.3) is 0 Å². The molecule has 18 heavy (non-hydrogen) atoms. The number of primary amides is 1. The lowest BCUT2D eigenvalue weighted by Gasteiger charge is -2.30. The first kappa shape index (κ1) is 12.9. The van der Waals surface area contributed by atoms with Gasteiger partial charge in [-0.25, -0.2) is 14.8 Å². The van der Waals surface area contributed by atoms with Crippen molar-refractivity contribution < 1.29 is 9.63 Å². The number of hydrogen-bond acceptors (Lipinski definition) is 3. The molecule has 1 saturated carbocycles. The fourth-order valence-corrected chi connectivity index (χ4v) is 1.97. The molecular formula is C12H20N4O2. The molecule has 1 aromatic rings. The van der Waals surface area contributed by atoms with Gasteiger partial charge in [-0.15, -0.1) is 0 Å². The minimum absolute atomic E-state index is 0.495. The Morgan fingerprint density at radius 3 is 3.00 bits per heavy atom. The highest BCUT2D eigenvalue weighted by molar-refractivity contribution is 5.70. The maximum atomic E-state index is 11.2. The summed E-state index contributed by atoms with van der Waals surface area (Å²) >= 11 is 0. The third-order valence-corrected chi connectivity index (χ3v) is 3.29. The number of nitrogens with one attached hydrogen (secondary N) is 1. The number of imidazole rings is 1. The van der Waals surface area contributed by atoms with E-state index >= 15 is 0 Å². The highest BCUT2D eigenvalue weighted by Gasteiger charge is 2.23. The second-order valence-electron chi connectivity index (χ2n) is 4.71. The first-order chi connectivity index (χ1) is 8.75. The van der Waals surface area contributed by atoms with E-state index in [1.807, 2.05) is 0 Å². The zero-order chi connectivity index (χ0) is 12.8. The number of hydroxylamine groups is 2. The van der Waals surface area contributed by atoms with Crippen LogP contribution in [0.1, 0.15) is 31.4 Å². The van der Waals surface area contributed by atoms with E-state index in [4.69, 9.17) is 10.6 Å². The summed E-state index contributed by atoms with van der Waals surface area (Å²) in [6.07, 6.45) is 8.72. The van der Waals surface area contributed by atoms with Crippen molar-refractivity contribution in [3.63, 3.8) is 0 Å². The molecule has 6 nitrogen and oxygen atoms in total. The summed E-state index contributed by atoms with van der Waals surface area (Å²) in [4.78, 5) is 23.6. The lowest BCUT2D eigenvalue weighted by Crippen LogP contribution is -2.40. The van der Waals surface area contributed by atoms with Gasteiger partial charge in [0.2, 0.25) is 0 Å². The van der Waals surface area contributed by atoms with Gasteiger partial charge in [-0.2, -0.15) is 0 Å². The molecule has 0 bridgehead atoms. The Morgan fingerprint density at radius 2 is 2.44 bits per heavy atom. The summed E-state index contributed by atoms with van der Waals surface area (Å²) in [6, 6.07) is -0.497. The fraction of sp³-hybridized carbons (Fsp3) is 0.667. The van der Waals surface area contributed by atoms with Crippen LogP contribution in [-0.4, -0.2) is 34.2 Å². The van der Waals surface area contributed by atoms with Gasteiger partial charge in [0.25, 0.3) is 0 Å². The quantitative estimate of drug-likeness (QED) is 0.569. The lowest BCUT2D eigenvalue weighted by atomic mass is 9.85.